The van der Waals surface area contributed by atoms with Crippen LogP contribution in [0.15, 0.2) is 0 Å². The van der Waals surface area contributed by atoms with Crippen molar-refractivity contribution in [2.45, 2.75) is 55.3 Å². The van der Waals surface area contributed by atoms with E-state index in [2.05, 4.69) is 37.2 Å². The van der Waals surface area contributed by atoms with E-state index in [1.54, 1.807) is 0 Å². The van der Waals surface area contributed by atoms with Crippen molar-refractivity contribution in [3.8, 4) is 0 Å². The lowest BCUT2D eigenvalue weighted by molar-refractivity contribution is -0.128. The van der Waals surface area contributed by atoms with Gasteiger partial charge < -0.3 is 5.32 Å². The first-order chi connectivity index (χ1) is 8.42. The standard InChI is InChI=1S/C14H21Br2NO/c1-13(16,8-15)12(18)17-14-5-9-2-10(6-14)4-11(3-9)7-14/h9-11H,2-8H2,1H3,(H,17,18)/t9?,10?,11?,13-,14?/m1/s1. The molecule has 0 aromatic heterocycles. The van der Waals surface area contributed by atoms with Gasteiger partial charge in [0.2, 0.25) is 5.91 Å². The minimum Gasteiger partial charge on any atom is -0.349 e. The zero-order valence-corrected chi connectivity index (χ0v) is 14.0. The molecule has 0 aliphatic heterocycles. The Hall–Kier alpha value is 0.430. The maximum atomic E-state index is 12.4. The van der Waals surface area contributed by atoms with Crippen LogP contribution in [-0.4, -0.2) is 21.1 Å². The fourth-order valence-electron chi connectivity index (χ4n) is 4.70. The maximum Gasteiger partial charge on any atom is 0.237 e. The smallest absolute Gasteiger partial charge is 0.237 e. The second-order valence-corrected chi connectivity index (χ2v) is 9.29. The highest BCUT2D eigenvalue weighted by atomic mass is 79.9. The van der Waals surface area contributed by atoms with Crippen molar-refractivity contribution >= 4 is 37.8 Å². The van der Waals surface area contributed by atoms with E-state index in [-0.39, 0.29) is 11.4 Å². The van der Waals surface area contributed by atoms with E-state index in [4.69, 9.17) is 0 Å². The van der Waals surface area contributed by atoms with Gasteiger partial charge in [0, 0.05) is 10.9 Å². The van der Waals surface area contributed by atoms with E-state index in [0.717, 1.165) is 17.8 Å². The van der Waals surface area contributed by atoms with Gasteiger partial charge in [0.05, 0.1) is 0 Å². The summed E-state index contributed by atoms with van der Waals surface area (Å²) in [5, 5.41) is 4.05. The summed E-state index contributed by atoms with van der Waals surface area (Å²) in [6, 6.07) is 0. The summed E-state index contributed by atoms with van der Waals surface area (Å²) in [7, 11) is 0. The fraction of sp³-hybridized carbons (Fsp3) is 0.929. The molecular weight excluding hydrogens is 358 g/mol. The number of halogens is 2. The Bertz CT molecular complexity index is 332. The lowest BCUT2D eigenvalue weighted by Crippen LogP contribution is -2.62. The molecule has 0 unspecified atom stereocenters. The second kappa shape index (κ2) is 4.47. The van der Waals surface area contributed by atoms with Crippen molar-refractivity contribution in [2.24, 2.45) is 17.8 Å². The molecule has 102 valence electrons. The monoisotopic (exact) mass is 377 g/mol. The number of hydrogen-bond donors (Lipinski definition) is 1. The quantitative estimate of drug-likeness (QED) is 0.746. The zero-order chi connectivity index (χ0) is 13.0. The van der Waals surface area contributed by atoms with Crippen molar-refractivity contribution in [1.82, 2.24) is 5.32 Å². The molecule has 4 heteroatoms. The molecule has 0 heterocycles. The fourth-order valence-corrected chi connectivity index (χ4v) is 5.05. The van der Waals surface area contributed by atoms with E-state index >= 15 is 0 Å². The molecule has 4 aliphatic carbocycles. The summed E-state index contributed by atoms with van der Waals surface area (Å²) < 4.78 is -0.476. The van der Waals surface area contributed by atoms with Crippen molar-refractivity contribution in [1.29, 1.82) is 0 Å². The van der Waals surface area contributed by atoms with Crippen molar-refractivity contribution in [2.75, 3.05) is 5.33 Å². The highest BCUT2D eigenvalue weighted by Crippen LogP contribution is 2.55. The van der Waals surface area contributed by atoms with Crippen LogP contribution in [0.2, 0.25) is 0 Å². The van der Waals surface area contributed by atoms with Gasteiger partial charge in [-0.15, -0.1) is 0 Å². The van der Waals surface area contributed by atoms with Crippen molar-refractivity contribution in [3.05, 3.63) is 0 Å². The Morgan fingerprint density at radius 1 is 1.22 bits per heavy atom. The summed E-state index contributed by atoms with van der Waals surface area (Å²) in [4.78, 5) is 12.4. The molecule has 4 aliphatic rings. The van der Waals surface area contributed by atoms with Crippen LogP contribution in [0.3, 0.4) is 0 Å². The van der Waals surface area contributed by atoms with Gasteiger partial charge in [-0.25, -0.2) is 0 Å². The van der Waals surface area contributed by atoms with Crippen LogP contribution in [0.25, 0.3) is 0 Å². The number of alkyl halides is 2. The molecule has 4 bridgehead atoms. The van der Waals surface area contributed by atoms with Crippen LogP contribution in [0.5, 0.6) is 0 Å². The molecule has 4 fully saturated rings. The van der Waals surface area contributed by atoms with Gasteiger partial charge in [-0.1, -0.05) is 31.9 Å². The third-order valence-corrected chi connectivity index (χ3v) is 7.66. The molecule has 0 spiro atoms. The first kappa shape index (κ1) is 13.4. The highest BCUT2D eigenvalue weighted by Gasteiger charge is 2.52. The largest absolute Gasteiger partial charge is 0.349 e. The minimum atomic E-state index is -0.476. The first-order valence-corrected chi connectivity index (χ1v) is 8.91. The Kier molecular flexibility index (Phi) is 3.33. The third kappa shape index (κ3) is 2.28. The molecule has 2 nitrogen and oxygen atoms in total. The van der Waals surface area contributed by atoms with E-state index in [0.29, 0.717) is 5.33 Å². The SMILES string of the molecule is C[C@@](Br)(CBr)C(=O)NC12CC3CC(CC(C3)C1)C2. The molecule has 0 aromatic rings. The number of carbonyl (C=O) groups is 1. The van der Waals surface area contributed by atoms with E-state index in [1.807, 2.05) is 6.92 Å². The van der Waals surface area contributed by atoms with Gasteiger partial charge >= 0.3 is 0 Å². The van der Waals surface area contributed by atoms with Gasteiger partial charge in [-0.3, -0.25) is 4.79 Å². The summed E-state index contributed by atoms with van der Waals surface area (Å²) >= 11 is 6.94. The number of hydrogen-bond acceptors (Lipinski definition) is 1. The molecule has 1 amide bonds. The summed E-state index contributed by atoms with van der Waals surface area (Å²) in [5.74, 6) is 2.78. The van der Waals surface area contributed by atoms with Crippen molar-refractivity contribution in [3.63, 3.8) is 0 Å². The topological polar surface area (TPSA) is 29.1 Å². The Labute approximate surface area is 126 Å². The maximum absolute atomic E-state index is 12.4. The summed E-state index contributed by atoms with van der Waals surface area (Å²) in [6.45, 7) is 1.94. The minimum absolute atomic E-state index is 0.128. The van der Waals surface area contributed by atoms with E-state index < -0.39 is 4.32 Å². The average molecular weight is 379 g/mol. The number of carbonyl (C=O) groups excluding carboxylic acids is 1. The van der Waals surface area contributed by atoms with E-state index in [1.165, 1.54) is 38.5 Å². The lowest BCUT2D eigenvalue weighted by Gasteiger charge is -2.57. The van der Waals surface area contributed by atoms with Gasteiger partial charge in [-0.2, -0.15) is 0 Å². The molecule has 4 saturated carbocycles. The summed E-state index contributed by atoms with van der Waals surface area (Å²) in [5.41, 5.74) is 0.128. The predicted molar refractivity (Wildman–Crippen MR) is 80.2 cm³/mol. The second-order valence-electron chi connectivity index (χ2n) is 6.98. The Morgan fingerprint density at radius 3 is 2.06 bits per heavy atom. The normalized spacial score (nSPS) is 44.7. The Balaban J connectivity index is 1.74. The third-order valence-electron chi connectivity index (χ3n) is 5.14. The molecule has 0 radical (unpaired) electrons. The van der Waals surface area contributed by atoms with Gasteiger partial charge in [0.25, 0.3) is 0 Å². The lowest BCUT2D eigenvalue weighted by atomic mass is 9.53. The van der Waals surface area contributed by atoms with Crippen molar-refractivity contribution < 1.29 is 4.79 Å². The van der Waals surface area contributed by atoms with Gasteiger partial charge in [-0.05, 0) is 63.2 Å². The molecule has 18 heavy (non-hydrogen) atoms. The van der Waals surface area contributed by atoms with Crippen LogP contribution >= 0.6 is 31.9 Å². The van der Waals surface area contributed by atoms with E-state index in [9.17, 15) is 4.79 Å². The number of nitrogens with one attached hydrogen (secondary N) is 1. The zero-order valence-electron chi connectivity index (χ0n) is 10.8. The average Bonchev–Trinajstić information content (AvgIpc) is 2.26. The van der Waals surface area contributed by atoms with Crippen LogP contribution in [0.1, 0.15) is 45.4 Å². The van der Waals surface area contributed by atoms with Crippen LogP contribution in [0.4, 0.5) is 0 Å². The molecule has 1 N–H and O–H groups in total. The highest BCUT2D eigenvalue weighted by molar-refractivity contribution is 9.12. The first-order valence-electron chi connectivity index (χ1n) is 7.00. The number of rotatable bonds is 3. The van der Waals surface area contributed by atoms with Gasteiger partial charge in [0.1, 0.15) is 4.32 Å². The predicted octanol–water partition coefficient (Wildman–Crippen LogP) is 3.62. The molecule has 0 aromatic carbocycles. The number of amides is 1. The Morgan fingerprint density at radius 2 is 1.67 bits per heavy atom. The molecule has 4 rings (SSSR count). The van der Waals surface area contributed by atoms with Crippen LogP contribution in [0, 0.1) is 17.8 Å². The van der Waals surface area contributed by atoms with Gasteiger partial charge in [0.15, 0.2) is 0 Å². The molecular formula is C14H21Br2NO. The molecule has 0 saturated heterocycles. The van der Waals surface area contributed by atoms with Crippen LogP contribution in [-0.2, 0) is 4.79 Å². The van der Waals surface area contributed by atoms with Crippen LogP contribution < -0.4 is 5.32 Å². The summed E-state index contributed by atoms with van der Waals surface area (Å²) in [6.07, 6.45) is 7.90. The molecule has 1 atom stereocenters.